The third-order valence-electron chi connectivity index (χ3n) is 4.40. The number of hydrogen-bond donors (Lipinski definition) is 1. The summed E-state index contributed by atoms with van der Waals surface area (Å²) in [4.78, 5) is 17.9. The Labute approximate surface area is 167 Å². The van der Waals surface area contributed by atoms with Crippen LogP contribution in [0.5, 0.6) is 5.75 Å². The lowest BCUT2D eigenvalue weighted by molar-refractivity contribution is -0.124. The topological polar surface area (TPSA) is 80.5 Å². The van der Waals surface area contributed by atoms with Crippen molar-refractivity contribution >= 4 is 17.5 Å². The first kappa shape index (κ1) is 18.5. The van der Waals surface area contributed by atoms with Crippen LogP contribution in [0.25, 0.3) is 11.5 Å². The number of carbonyl (C=O) groups excluding carboxylic acids is 1. The molecule has 0 radical (unpaired) electrons. The highest BCUT2D eigenvalue weighted by Gasteiger charge is 2.18. The molecule has 2 aromatic carbocycles. The number of carbonyl (C=O) groups is 1. The molecule has 4 rings (SSSR count). The van der Waals surface area contributed by atoms with Crippen LogP contribution in [0.3, 0.4) is 0 Å². The maximum Gasteiger partial charge on any atom is 0.258 e. The van der Waals surface area contributed by atoms with E-state index in [2.05, 4.69) is 20.4 Å². The quantitative estimate of drug-likeness (QED) is 0.687. The Bertz CT molecular complexity index is 961. The van der Waals surface area contributed by atoms with E-state index < -0.39 is 0 Å². The molecule has 1 saturated heterocycles. The van der Waals surface area contributed by atoms with Gasteiger partial charge in [-0.15, -0.1) is 0 Å². The van der Waals surface area contributed by atoms with Gasteiger partial charge in [-0.1, -0.05) is 47.1 Å². The molecule has 1 fully saturated rings. The number of hydrogen-bond acceptors (Lipinski definition) is 6. The predicted octanol–water partition coefficient (Wildman–Crippen LogP) is 2.90. The van der Waals surface area contributed by atoms with Crippen molar-refractivity contribution in [1.82, 2.24) is 20.4 Å². The highest BCUT2D eigenvalue weighted by atomic mass is 35.5. The molecule has 0 saturated carbocycles. The highest BCUT2D eigenvalue weighted by molar-refractivity contribution is 6.32. The van der Waals surface area contributed by atoms with Crippen molar-refractivity contribution in [3.05, 3.63) is 64.9 Å². The van der Waals surface area contributed by atoms with Crippen LogP contribution in [0.4, 0.5) is 0 Å². The van der Waals surface area contributed by atoms with E-state index in [1.54, 1.807) is 6.07 Å². The van der Waals surface area contributed by atoms with Gasteiger partial charge in [-0.05, 0) is 23.8 Å². The zero-order chi connectivity index (χ0) is 19.3. The van der Waals surface area contributed by atoms with E-state index in [9.17, 15) is 4.79 Å². The minimum atomic E-state index is 0.0288. The molecule has 3 aromatic rings. The Balaban J connectivity index is 1.41. The predicted molar refractivity (Wildman–Crippen MR) is 104 cm³/mol. The summed E-state index contributed by atoms with van der Waals surface area (Å²) in [7, 11) is 0. The number of rotatable bonds is 6. The monoisotopic (exact) mass is 398 g/mol. The average Bonchev–Trinajstić information content (AvgIpc) is 3.18. The fraction of sp³-hybridized carbons (Fsp3) is 0.250. The van der Waals surface area contributed by atoms with Crippen LogP contribution in [0.1, 0.15) is 11.4 Å². The first-order valence-electron chi connectivity index (χ1n) is 8.96. The third kappa shape index (κ3) is 4.32. The summed E-state index contributed by atoms with van der Waals surface area (Å²) in [5.74, 6) is 1.46. The summed E-state index contributed by atoms with van der Waals surface area (Å²) in [5, 5.41) is 7.30. The molecule has 144 valence electrons. The van der Waals surface area contributed by atoms with E-state index in [-0.39, 0.29) is 12.5 Å². The average molecular weight is 399 g/mol. The summed E-state index contributed by atoms with van der Waals surface area (Å²) in [6.07, 6.45) is 0. The van der Waals surface area contributed by atoms with Gasteiger partial charge in [0.2, 0.25) is 11.7 Å². The van der Waals surface area contributed by atoms with Crippen molar-refractivity contribution in [3.63, 3.8) is 0 Å². The molecule has 1 amide bonds. The van der Waals surface area contributed by atoms with Crippen LogP contribution in [0, 0.1) is 0 Å². The lowest BCUT2D eigenvalue weighted by Crippen LogP contribution is -2.47. The van der Waals surface area contributed by atoms with E-state index in [0.29, 0.717) is 42.1 Å². The van der Waals surface area contributed by atoms with Crippen LogP contribution < -0.4 is 10.1 Å². The lowest BCUT2D eigenvalue weighted by Gasteiger charge is -2.26. The smallest absolute Gasteiger partial charge is 0.258 e. The summed E-state index contributed by atoms with van der Waals surface area (Å²) < 4.78 is 11.1. The standard InChI is InChI=1S/C20H19ClN4O3/c21-19-15(11-25-10-9-22-18(26)12-25)7-4-8-16(19)27-13-17-23-20(28-24-17)14-5-2-1-3-6-14/h1-8H,9-13H2,(H,22,26). The number of amides is 1. The van der Waals surface area contributed by atoms with Crippen molar-refractivity contribution < 1.29 is 14.1 Å². The normalized spacial score (nSPS) is 14.7. The second-order valence-electron chi connectivity index (χ2n) is 6.46. The van der Waals surface area contributed by atoms with Gasteiger partial charge in [0.15, 0.2) is 6.61 Å². The number of ether oxygens (including phenoxy) is 1. The maximum absolute atomic E-state index is 11.5. The van der Waals surface area contributed by atoms with Gasteiger partial charge in [-0.3, -0.25) is 9.69 Å². The van der Waals surface area contributed by atoms with Gasteiger partial charge >= 0.3 is 0 Å². The molecule has 0 spiro atoms. The van der Waals surface area contributed by atoms with Crippen LogP contribution >= 0.6 is 11.6 Å². The summed E-state index contributed by atoms with van der Waals surface area (Å²) in [5.41, 5.74) is 1.76. The lowest BCUT2D eigenvalue weighted by atomic mass is 10.2. The van der Waals surface area contributed by atoms with Crippen molar-refractivity contribution in [3.8, 4) is 17.2 Å². The van der Waals surface area contributed by atoms with Gasteiger partial charge in [0.25, 0.3) is 5.89 Å². The Morgan fingerprint density at radius 2 is 2.04 bits per heavy atom. The van der Waals surface area contributed by atoms with Gasteiger partial charge in [-0.25, -0.2) is 0 Å². The molecule has 2 heterocycles. The van der Waals surface area contributed by atoms with Gasteiger partial charge in [0.05, 0.1) is 11.6 Å². The summed E-state index contributed by atoms with van der Waals surface area (Å²) in [6.45, 7) is 2.54. The van der Waals surface area contributed by atoms with E-state index in [1.165, 1.54) is 0 Å². The summed E-state index contributed by atoms with van der Waals surface area (Å²) >= 11 is 6.52. The molecule has 1 aromatic heterocycles. The molecule has 0 unspecified atom stereocenters. The number of benzene rings is 2. The number of nitrogens with one attached hydrogen (secondary N) is 1. The molecule has 28 heavy (non-hydrogen) atoms. The van der Waals surface area contributed by atoms with Gasteiger partial charge < -0.3 is 14.6 Å². The van der Waals surface area contributed by atoms with Crippen molar-refractivity contribution in [1.29, 1.82) is 0 Å². The van der Waals surface area contributed by atoms with Crippen LogP contribution in [-0.4, -0.2) is 40.6 Å². The first-order valence-corrected chi connectivity index (χ1v) is 9.34. The van der Waals surface area contributed by atoms with Crippen molar-refractivity contribution in [2.24, 2.45) is 0 Å². The van der Waals surface area contributed by atoms with Gasteiger partial charge in [-0.2, -0.15) is 4.98 Å². The van der Waals surface area contributed by atoms with E-state index in [0.717, 1.165) is 17.7 Å². The van der Waals surface area contributed by atoms with Crippen LogP contribution in [0.2, 0.25) is 5.02 Å². The molecular weight excluding hydrogens is 380 g/mol. The number of aromatic nitrogens is 2. The third-order valence-corrected chi connectivity index (χ3v) is 4.83. The van der Waals surface area contributed by atoms with Gasteiger partial charge in [0.1, 0.15) is 5.75 Å². The number of halogens is 1. The molecular formula is C20H19ClN4O3. The molecule has 1 aliphatic heterocycles. The van der Waals surface area contributed by atoms with Crippen LogP contribution in [0.15, 0.2) is 53.1 Å². The van der Waals surface area contributed by atoms with E-state index in [4.69, 9.17) is 20.9 Å². The zero-order valence-electron chi connectivity index (χ0n) is 15.1. The fourth-order valence-corrected chi connectivity index (χ4v) is 3.25. The molecule has 0 atom stereocenters. The second-order valence-corrected chi connectivity index (χ2v) is 6.84. The largest absolute Gasteiger partial charge is 0.484 e. The maximum atomic E-state index is 11.5. The molecule has 0 bridgehead atoms. The Morgan fingerprint density at radius 3 is 2.86 bits per heavy atom. The Kier molecular flexibility index (Phi) is 5.55. The zero-order valence-corrected chi connectivity index (χ0v) is 15.9. The van der Waals surface area contributed by atoms with Crippen molar-refractivity contribution in [2.75, 3.05) is 19.6 Å². The van der Waals surface area contributed by atoms with Gasteiger partial charge in [0, 0.05) is 25.2 Å². The fourth-order valence-electron chi connectivity index (χ4n) is 3.01. The van der Waals surface area contributed by atoms with E-state index in [1.807, 2.05) is 42.5 Å². The molecule has 1 N–H and O–H groups in total. The van der Waals surface area contributed by atoms with Crippen molar-refractivity contribution in [2.45, 2.75) is 13.2 Å². The molecule has 8 heteroatoms. The van der Waals surface area contributed by atoms with Crippen LogP contribution in [-0.2, 0) is 17.9 Å². The molecule has 1 aliphatic rings. The Hall–Kier alpha value is -2.90. The van der Waals surface area contributed by atoms with E-state index >= 15 is 0 Å². The second kappa shape index (κ2) is 8.41. The highest BCUT2D eigenvalue weighted by Crippen LogP contribution is 2.30. The SMILES string of the molecule is O=C1CN(Cc2cccc(OCc3noc(-c4ccccc4)n3)c2Cl)CCN1. The first-order chi connectivity index (χ1) is 13.7. The minimum absolute atomic E-state index is 0.0288. The molecule has 0 aliphatic carbocycles. The Morgan fingerprint density at radius 1 is 1.18 bits per heavy atom. The number of piperazine rings is 1. The summed E-state index contributed by atoms with van der Waals surface area (Å²) in [6, 6.07) is 15.2. The number of nitrogens with zero attached hydrogens (tertiary/aromatic N) is 3. The molecule has 7 nitrogen and oxygen atoms in total. The minimum Gasteiger partial charge on any atom is -0.484 e.